The lowest BCUT2D eigenvalue weighted by Gasteiger charge is -2.39. The second kappa shape index (κ2) is 13.0. The lowest BCUT2D eigenvalue weighted by atomic mass is 9.89. The zero-order valence-corrected chi connectivity index (χ0v) is 20.1. The van der Waals surface area contributed by atoms with Crippen molar-refractivity contribution in [3.8, 4) is 11.1 Å². The third-order valence-corrected chi connectivity index (χ3v) is 5.80. The molecule has 0 N–H and O–H groups in total. The Morgan fingerprint density at radius 3 is 2.03 bits per heavy atom. The molecule has 0 bridgehead atoms. The summed E-state index contributed by atoms with van der Waals surface area (Å²) in [5, 5.41) is 0. The van der Waals surface area contributed by atoms with Crippen LogP contribution in [-0.4, -0.2) is 26.3 Å². The highest BCUT2D eigenvalue weighted by atomic mass is 19.1. The van der Waals surface area contributed by atoms with Gasteiger partial charge in [-0.05, 0) is 43.5 Å². The van der Waals surface area contributed by atoms with Crippen LogP contribution in [0.2, 0.25) is 0 Å². The Hall–Kier alpha value is -1.82. The summed E-state index contributed by atoms with van der Waals surface area (Å²) in [6.45, 7) is 6.12. The SMILES string of the molecule is CCCCCCCCC(c1ccc(-c2ccc(F)cc2F)cc1)C(OC)(OC)OC(C)C. The zero-order valence-electron chi connectivity index (χ0n) is 20.1. The Morgan fingerprint density at radius 2 is 1.47 bits per heavy atom. The molecule has 0 radical (unpaired) electrons. The average Bonchev–Trinajstić information content (AvgIpc) is 2.77. The molecule has 0 fully saturated rings. The summed E-state index contributed by atoms with van der Waals surface area (Å²) < 4.78 is 45.3. The highest BCUT2D eigenvalue weighted by Crippen LogP contribution is 2.39. The molecule has 0 saturated heterocycles. The van der Waals surface area contributed by atoms with Gasteiger partial charge in [0.05, 0.1) is 12.0 Å². The molecule has 1 unspecified atom stereocenters. The van der Waals surface area contributed by atoms with Gasteiger partial charge >= 0.3 is 0 Å². The van der Waals surface area contributed by atoms with Crippen molar-refractivity contribution >= 4 is 0 Å². The average molecular weight is 449 g/mol. The maximum absolute atomic E-state index is 14.2. The van der Waals surface area contributed by atoms with E-state index in [9.17, 15) is 8.78 Å². The smallest absolute Gasteiger partial charge is 0.289 e. The number of rotatable bonds is 14. The fourth-order valence-corrected chi connectivity index (χ4v) is 4.17. The molecule has 2 rings (SSSR count). The molecule has 0 aromatic heterocycles. The maximum atomic E-state index is 14.2. The predicted molar refractivity (Wildman–Crippen MR) is 125 cm³/mol. The molecule has 178 valence electrons. The van der Waals surface area contributed by atoms with Crippen LogP contribution in [0.1, 0.15) is 77.2 Å². The van der Waals surface area contributed by atoms with Crippen molar-refractivity contribution in [3.05, 3.63) is 59.7 Å². The van der Waals surface area contributed by atoms with Crippen LogP contribution in [0.5, 0.6) is 0 Å². The highest BCUT2D eigenvalue weighted by molar-refractivity contribution is 5.64. The summed E-state index contributed by atoms with van der Waals surface area (Å²) in [6.07, 6.45) is 7.87. The minimum atomic E-state index is -1.21. The molecule has 2 aromatic rings. The first-order valence-electron chi connectivity index (χ1n) is 11.7. The van der Waals surface area contributed by atoms with E-state index in [0.717, 1.165) is 30.9 Å². The van der Waals surface area contributed by atoms with Gasteiger partial charge in [0, 0.05) is 25.8 Å². The first kappa shape index (κ1) is 26.4. The van der Waals surface area contributed by atoms with E-state index in [4.69, 9.17) is 14.2 Å². The fourth-order valence-electron chi connectivity index (χ4n) is 4.17. The fraction of sp³-hybridized carbons (Fsp3) is 0.556. The zero-order chi connectivity index (χ0) is 23.6. The maximum Gasteiger partial charge on any atom is 0.289 e. The summed E-state index contributed by atoms with van der Waals surface area (Å²) in [5.41, 5.74) is 2.05. The standard InChI is InChI=1S/C27H38F2O3/c1-6-7-8-9-10-11-12-25(27(30-4,31-5)32-20(2)3)22-15-13-21(14-16-22)24-18-17-23(28)19-26(24)29/h13-20,25H,6-12H2,1-5H3. The molecule has 3 nitrogen and oxygen atoms in total. The minimum absolute atomic E-state index is 0.0884. The molecule has 0 amide bonds. The van der Waals surface area contributed by atoms with E-state index in [1.807, 2.05) is 38.1 Å². The van der Waals surface area contributed by atoms with E-state index < -0.39 is 17.6 Å². The summed E-state index contributed by atoms with van der Waals surface area (Å²) in [4.78, 5) is 0. The largest absolute Gasteiger partial charge is 0.330 e. The van der Waals surface area contributed by atoms with Crippen LogP contribution in [0.25, 0.3) is 11.1 Å². The van der Waals surface area contributed by atoms with E-state index in [2.05, 4.69) is 6.92 Å². The van der Waals surface area contributed by atoms with Gasteiger partial charge in [0.1, 0.15) is 11.6 Å². The number of hydrogen-bond donors (Lipinski definition) is 0. The van der Waals surface area contributed by atoms with E-state index in [1.165, 1.54) is 37.8 Å². The third kappa shape index (κ3) is 7.09. The Labute approximate surface area is 192 Å². The van der Waals surface area contributed by atoms with Gasteiger partial charge in [-0.3, -0.25) is 0 Å². The summed E-state index contributed by atoms with van der Waals surface area (Å²) in [7, 11) is 3.20. The van der Waals surface area contributed by atoms with Gasteiger partial charge in [0.15, 0.2) is 0 Å². The van der Waals surface area contributed by atoms with E-state index in [1.54, 1.807) is 14.2 Å². The van der Waals surface area contributed by atoms with Crippen LogP contribution in [0.15, 0.2) is 42.5 Å². The summed E-state index contributed by atoms with van der Waals surface area (Å²) in [6, 6.07) is 11.3. The molecule has 0 spiro atoms. The molecule has 0 aliphatic heterocycles. The Kier molecular flexibility index (Phi) is 10.8. The van der Waals surface area contributed by atoms with Gasteiger partial charge in [0.25, 0.3) is 5.97 Å². The summed E-state index contributed by atoms with van der Waals surface area (Å²) >= 11 is 0. The Balaban J connectivity index is 2.29. The molecule has 0 saturated carbocycles. The van der Waals surface area contributed by atoms with Gasteiger partial charge < -0.3 is 14.2 Å². The number of halogens is 2. The van der Waals surface area contributed by atoms with Crippen molar-refractivity contribution in [2.75, 3.05) is 14.2 Å². The van der Waals surface area contributed by atoms with Crippen LogP contribution in [0, 0.1) is 11.6 Å². The van der Waals surface area contributed by atoms with Crippen molar-refractivity contribution in [2.24, 2.45) is 0 Å². The topological polar surface area (TPSA) is 27.7 Å². The minimum Gasteiger partial charge on any atom is -0.330 e. The molecule has 0 aliphatic carbocycles. The van der Waals surface area contributed by atoms with Gasteiger partial charge in [-0.25, -0.2) is 8.78 Å². The van der Waals surface area contributed by atoms with E-state index in [0.29, 0.717) is 11.1 Å². The van der Waals surface area contributed by atoms with E-state index in [-0.39, 0.29) is 12.0 Å². The molecule has 32 heavy (non-hydrogen) atoms. The van der Waals surface area contributed by atoms with Crippen molar-refractivity contribution < 1.29 is 23.0 Å². The molecule has 0 heterocycles. The molecular formula is C27H38F2O3. The lowest BCUT2D eigenvalue weighted by molar-refractivity contribution is -0.385. The third-order valence-electron chi connectivity index (χ3n) is 5.80. The Morgan fingerprint density at radius 1 is 0.844 bits per heavy atom. The van der Waals surface area contributed by atoms with Crippen LogP contribution in [-0.2, 0) is 14.2 Å². The number of benzene rings is 2. The van der Waals surface area contributed by atoms with Gasteiger partial charge in [0.2, 0.25) is 0 Å². The van der Waals surface area contributed by atoms with Crippen molar-refractivity contribution in [1.82, 2.24) is 0 Å². The first-order valence-corrected chi connectivity index (χ1v) is 11.7. The highest BCUT2D eigenvalue weighted by Gasteiger charge is 2.42. The Bertz CT molecular complexity index is 801. The normalized spacial score (nSPS) is 13.0. The van der Waals surface area contributed by atoms with Gasteiger partial charge in [-0.15, -0.1) is 0 Å². The second-order valence-corrected chi connectivity index (χ2v) is 8.53. The quantitative estimate of drug-likeness (QED) is 0.218. The van der Waals surface area contributed by atoms with Crippen molar-refractivity contribution in [3.63, 3.8) is 0 Å². The molecule has 2 aromatic carbocycles. The molecule has 1 atom stereocenters. The molecular weight excluding hydrogens is 410 g/mol. The van der Waals surface area contributed by atoms with Crippen LogP contribution in [0.3, 0.4) is 0 Å². The number of ether oxygens (including phenoxy) is 3. The van der Waals surface area contributed by atoms with Crippen LogP contribution < -0.4 is 0 Å². The van der Waals surface area contributed by atoms with Crippen molar-refractivity contribution in [2.45, 2.75) is 83.7 Å². The van der Waals surface area contributed by atoms with Crippen molar-refractivity contribution in [1.29, 1.82) is 0 Å². The molecule has 5 heteroatoms. The predicted octanol–water partition coefficient (Wildman–Crippen LogP) is 7.84. The summed E-state index contributed by atoms with van der Waals surface area (Å²) in [5.74, 6) is -2.52. The van der Waals surface area contributed by atoms with Gasteiger partial charge in [-0.2, -0.15) is 0 Å². The second-order valence-electron chi connectivity index (χ2n) is 8.53. The van der Waals surface area contributed by atoms with Crippen LogP contribution in [0.4, 0.5) is 8.78 Å². The van der Waals surface area contributed by atoms with Gasteiger partial charge in [-0.1, -0.05) is 69.7 Å². The number of unbranched alkanes of at least 4 members (excludes halogenated alkanes) is 5. The molecule has 0 aliphatic rings. The van der Waals surface area contributed by atoms with Crippen LogP contribution >= 0.6 is 0 Å². The number of methoxy groups -OCH3 is 2. The first-order chi connectivity index (χ1) is 15.4. The monoisotopic (exact) mass is 448 g/mol. The lowest BCUT2D eigenvalue weighted by Crippen LogP contribution is -2.45. The van der Waals surface area contributed by atoms with E-state index >= 15 is 0 Å². The number of hydrogen-bond acceptors (Lipinski definition) is 3.